The van der Waals surface area contributed by atoms with Crippen LogP contribution in [-0.4, -0.2) is 60.3 Å². The van der Waals surface area contributed by atoms with Crippen molar-refractivity contribution in [3.63, 3.8) is 0 Å². The molecule has 0 saturated carbocycles. The molecule has 1 aromatic heterocycles. The lowest BCUT2D eigenvalue weighted by molar-refractivity contribution is 0.170. The van der Waals surface area contributed by atoms with Crippen LogP contribution in [0.15, 0.2) is 23.2 Å². The molecular formula is C12H18N4O2S2. The molecule has 0 spiro atoms. The van der Waals surface area contributed by atoms with E-state index in [4.69, 9.17) is 18.0 Å². The Hall–Kier alpha value is -1.09. The molecule has 0 amide bonds. The molecule has 1 unspecified atom stereocenters. The number of sulfonamides is 1. The summed E-state index contributed by atoms with van der Waals surface area (Å²) in [5, 5.41) is 0. The fourth-order valence-electron chi connectivity index (χ4n) is 2.39. The largest absolute Gasteiger partial charge is 0.388 e. The second-order valence-corrected chi connectivity index (χ2v) is 7.24. The number of nitrogens with zero attached hydrogens (tertiary/aromatic N) is 3. The first-order chi connectivity index (χ1) is 9.34. The third kappa shape index (κ3) is 2.83. The zero-order valence-electron chi connectivity index (χ0n) is 11.5. The number of likely N-dealkylation sites (N-methyl/N-ethyl adjacent to an activating group) is 1. The topological polar surface area (TPSA) is 79.5 Å². The fraction of sp³-hybridized carbons (Fsp3) is 0.500. The summed E-state index contributed by atoms with van der Waals surface area (Å²) in [7, 11) is -1.66. The Morgan fingerprint density at radius 3 is 2.80 bits per heavy atom. The van der Waals surface area contributed by atoms with Crippen molar-refractivity contribution >= 4 is 27.2 Å². The van der Waals surface area contributed by atoms with Crippen LogP contribution in [0.2, 0.25) is 0 Å². The minimum Gasteiger partial charge on any atom is -0.388 e. The number of hydrogen-bond acceptors (Lipinski definition) is 5. The monoisotopic (exact) mass is 314 g/mol. The molecule has 1 fully saturated rings. The van der Waals surface area contributed by atoms with E-state index in [1.807, 2.05) is 14.0 Å². The molecule has 2 N–H and O–H groups in total. The zero-order valence-corrected chi connectivity index (χ0v) is 13.1. The molecule has 0 aromatic carbocycles. The van der Waals surface area contributed by atoms with Gasteiger partial charge < -0.3 is 10.6 Å². The van der Waals surface area contributed by atoms with E-state index in [0.29, 0.717) is 19.6 Å². The molecule has 0 bridgehead atoms. The highest BCUT2D eigenvalue weighted by molar-refractivity contribution is 7.89. The number of pyridine rings is 1. The molecule has 1 saturated heterocycles. The summed E-state index contributed by atoms with van der Waals surface area (Å²) in [4.78, 5) is 6.18. The summed E-state index contributed by atoms with van der Waals surface area (Å²) >= 11 is 4.89. The van der Waals surface area contributed by atoms with Gasteiger partial charge in [0.1, 0.15) is 15.6 Å². The molecule has 8 heteroatoms. The normalized spacial score (nSPS) is 21.8. The lowest BCUT2D eigenvalue weighted by Gasteiger charge is -2.37. The van der Waals surface area contributed by atoms with Crippen LogP contribution in [0.1, 0.15) is 12.6 Å². The van der Waals surface area contributed by atoms with E-state index in [1.165, 1.54) is 16.6 Å². The Labute approximate surface area is 124 Å². The molecule has 1 aliphatic heterocycles. The number of hydrogen-bond donors (Lipinski definition) is 1. The summed E-state index contributed by atoms with van der Waals surface area (Å²) in [5.41, 5.74) is 5.74. The van der Waals surface area contributed by atoms with Gasteiger partial charge in [-0.25, -0.2) is 8.42 Å². The molecule has 0 aliphatic carbocycles. The summed E-state index contributed by atoms with van der Waals surface area (Å²) in [6.07, 6.45) is 1.49. The van der Waals surface area contributed by atoms with Crippen LogP contribution in [0.5, 0.6) is 0 Å². The van der Waals surface area contributed by atoms with Gasteiger partial charge >= 0.3 is 0 Å². The molecule has 110 valence electrons. The summed E-state index contributed by atoms with van der Waals surface area (Å²) < 4.78 is 27.1. The SMILES string of the molecule is CC1CN(C)CCN1S(=O)(=O)c1cccnc1C(N)=S. The van der Waals surface area contributed by atoms with E-state index < -0.39 is 10.0 Å². The Morgan fingerprint density at radius 1 is 1.50 bits per heavy atom. The summed E-state index contributed by atoms with van der Waals surface area (Å²) in [5.74, 6) is 0. The van der Waals surface area contributed by atoms with Crippen molar-refractivity contribution in [1.82, 2.24) is 14.2 Å². The van der Waals surface area contributed by atoms with Gasteiger partial charge in [0.25, 0.3) is 0 Å². The lowest BCUT2D eigenvalue weighted by Crippen LogP contribution is -2.52. The van der Waals surface area contributed by atoms with Gasteiger partial charge in [0, 0.05) is 31.9 Å². The molecule has 2 heterocycles. The maximum atomic E-state index is 12.8. The van der Waals surface area contributed by atoms with Crippen LogP contribution in [0.25, 0.3) is 0 Å². The number of piperazine rings is 1. The number of rotatable bonds is 3. The van der Waals surface area contributed by atoms with Crippen molar-refractivity contribution in [2.75, 3.05) is 26.7 Å². The Balaban J connectivity index is 2.43. The van der Waals surface area contributed by atoms with Gasteiger partial charge in [0.15, 0.2) is 0 Å². The predicted molar refractivity (Wildman–Crippen MR) is 81.0 cm³/mol. The first kappa shape index (κ1) is 15.3. The highest BCUT2D eigenvalue weighted by atomic mass is 32.2. The average Bonchev–Trinajstić information content (AvgIpc) is 2.38. The molecular weight excluding hydrogens is 296 g/mol. The van der Waals surface area contributed by atoms with Crippen LogP contribution in [0.3, 0.4) is 0 Å². The lowest BCUT2D eigenvalue weighted by atomic mass is 10.2. The summed E-state index contributed by atoms with van der Waals surface area (Å²) in [6.45, 7) is 3.74. The molecule has 1 atom stereocenters. The molecule has 6 nitrogen and oxygen atoms in total. The number of nitrogens with two attached hydrogens (primary N) is 1. The van der Waals surface area contributed by atoms with Gasteiger partial charge in [0.2, 0.25) is 10.0 Å². The van der Waals surface area contributed by atoms with E-state index in [-0.39, 0.29) is 21.6 Å². The van der Waals surface area contributed by atoms with E-state index in [2.05, 4.69) is 9.88 Å². The van der Waals surface area contributed by atoms with E-state index in [1.54, 1.807) is 6.07 Å². The maximum absolute atomic E-state index is 12.8. The van der Waals surface area contributed by atoms with E-state index in [9.17, 15) is 8.42 Å². The van der Waals surface area contributed by atoms with Crippen LogP contribution in [0, 0.1) is 0 Å². The van der Waals surface area contributed by atoms with Gasteiger partial charge in [-0.3, -0.25) is 4.98 Å². The molecule has 2 rings (SSSR count). The van der Waals surface area contributed by atoms with Gasteiger partial charge in [0.05, 0.1) is 0 Å². The van der Waals surface area contributed by atoms with E-state index in [0.717, 1.165) is 0 Å². The number of thiocarbonyl (C=S) groups is 1. The van der Waals surface area contributed by atoms with Crippen molar-refractivity contribution in [2.45, 2.75) is 17.9 Å². The third-order valence-electron chi connectivity index (χ3n) is 3.36. The maximum Gasteiger partial charge on any atom is 0.245 e. The minimum absolute atomic E-state index is 0.00837. The van der Waals surface area contributed by atoms with Crippen LogP contribution >= 0.6 is 12.2 Å². The molecule has 0 radical (unpaired) electrons. The molecule has 20 heavy (non-hydrogen) atoms. The molecule has 1 aliphatic rings. The first-order valence-electron chi connectivity index (χ1n) is 6.29. The first-order valence-corrected chi connectivity index (χ1v) is 8.14. The van der Waals surface area contributed by atoms with Crippen molar-refractivity contribution < 1.29 is 8.42 Å². The number of aromatic nitrogens is 1. The van der Waals surface area contributed by atoms with Crippen LogP contribution < -0.4 is 5.73 Å². The third-order valence-corrected chi connectivity index (χ3v) is 5.60. The quantitative estimate of drug-likeness (QED) is 0.794. The van der Waals surface area contributed by atoms with Gasteiger partial charge in [-0.15, -0.1) is 0 Å². The van der Waals surface area contributed by atoms with Crippen molar-refractivity contribution in [3.8, 4) is 0 Å². The zero-order chi connectivity index (χ0) is 14.9. The Morgan fingerprint density at radius 2 is 2.20 bits per heavy atom. The standard InChI is InChI=1S/C12H18N4O2S2/c1-9-8-15(2)6-7-16(9)20(17,18)10-4-3-5-14-11(10)12(13)19/h3-5,9H,6-8H2,1-2H3,(H2,13,19). The molecule has 1 aromatic rings. The Bertz CT molecular complexity index is 618. The van der Waals surface area contributed by atoms with Gasteiger partial charge in [-0.2, -0.15) is 4.31 Å². The van der Waals surface area contributed by atoms with Crippen molar-refractivity contribution in [2.24, 2.45) is 5.73 Å². The average molecular weight is 314 g/mol. The van der Waals surface area contributed by atoms with E-state index >= 15 is 0 Å². The van der Waals surface area contributed by atoms with Gasteiger partial charge in [-0.1, -0.05) is 12.2 Å². The minimum atomic E-state index is -3.63. The van der Waals surface area contributed by atoms with Crippen LogP contribution in [0.4, 0.5) is 0 Å². The smallest absolute Gasteiger partial charge is 0.245 e. The van der Waals surface area contributed by atoms with Crippen molar-refractivity contribution in [1.29, 1.82) is 0 Å². The fourth-order valence-corrected chi connectivity index (χ4v) is 4.39. The van der Waals surface area contributed by atoms with Crippen LogP contribution in [-0.2, 0) is 10.0 Å². The summed E-state index contributed by atoms with van der Waals surface area (Å²) in [6, 6.07) is 2.98. The second kappa shape index (κ2) is 5.72. The highest BCUT2D eigenvalue weighted by Gasteiger charge is 2.34. The van der Waals surface area contributed by atoms with Gasteiger partial charge in [-0.05, 0) is 26.1 Å². The second-order valence-electron chi connectivity index (χ2n) is 4.94. The Kier molecular flexibility index (Phi) is 4.38. The van der Waals surface area contributed by atoms with Crippen molar-refractivity contribution in [3.05, 3.63) is 24.0 Å². The predicted octanol–water partition coefficient (Wildman–Crippen LogP) is 0.0404. The highest BCUT2D eigenvalue weighted by Crippen LogP contribution is 2.22.